The summed E-state index contributed by atoms with van der Waals surface area (Å²) >= 11 is 0. The average Bonchev–Trinajstić information content (AvgIpc) is 2.67. The van der Waals surface area contributed by atoms with Gasteiger partial charge in [-0.15, -0.1) is 0 Å². The number of amides is 1. The number of hydrogen-bond donors (Lipinski definition) is 0. The second kappa shape index (κ2) is 8.91. The Kier molecular flexibility index (Phi) is 6.88. The quantitative estimate of drug-likeness (QED) is 0.710. The van der Waals surface area contributed by atoms with Gasteiger partial charge in [-0.3, -0.25) is 9.78 Å². The molecule has 7 heteroatoms. The van der Waals surface area contributed by atoms with Crippen molar-refractivity contribution in [3.8, 4) is 0 Å². The fourth-order valence-corrected chi connectivity index (χ4v) is 3.84. The van der Waals surface area contributed by atoms with Crippen molar-refractivity contribution < 1.29 is 13.2 Å². The van der Waals surface area contributed by atoms with Crippen LogP contribution in [0.5, 0.6) is 0 Å². The molecule has 0 bridgehead atoms. The highest BCUT2D eigenvalue weighted by Crippen LogP contribution is 2.17. The van der Waals surface area contributed by atoms with Crippen LogP contribution in [0.2, 0.25) is 0 Å². The van der Waals surface area contributed by atoms with Crippen LogP contribution < -0.4 is 0 Å². The van der Waals surface area contributed by atoms with Crippen molar-refractivity contribution >= 4 is 15.9 Å². The molecule has 0 radical (unpaired) electrons. The molecule has 1 aromatic heterocycles. The van der Waals surface area contributed by atoms with Crippen molar-refractivity contribution in [2.45, 2.75) is 25.2 Å². The minimum absolute atomic E-state index is 0.132. The van der Waals surface area contributed by atoms with Crippen molar-refractivity contribution in [3.05, 3.63) is 59.9 Å². The lowest BCUT2D eigenvalue weighted by Gasteiger charge is -2.20. The van der Waals surface area contributed by atoms with Crippen molar-refractivity contribution in [2.24, 2.45) is 0 Å². The molecule has 6 nitrogen and oxygen atoms in total. The third kappa shape index (κ3) is 4.68. The van der Waals surface area contributed by atoms with E-state index in [2.05, 4.69) is 4.98 Å². The summed E-state index contributed by atoms with van der Waals surface area (Å²) in [6, 6.07) is 9.97. The molecular weight excluding hydrogens is 350 g/mol. The number of nitrogens with zero attached hydrogens (tertiary/aromatic N) is 3. The van der Waals surface area contributed by atoms with E-state index in [-0.39, 0.29) is 10.8 Å². The number of rotatable bonds is 8. The molecule has 0 N–H and O–H groups in total. The van der Waals surface area contributed by atoms with E-state index in [1.807, 2.05) is 26.0 Å². The van der Waals surface area contributed by atoms with E-state index >= 15 is 0 Å². The Morgan fingerprint density at radius 3 is 2.35 bits per heavy atom. The molecule has 0 aliphatic carbocycles. The van der Waals surface area contributed by atoms with Crippen LogP contribution in [0, 0.1) is 0 Å². The summed E-state index contributed by atoms with van der Waals surface area (Å²) in [7, 11) is -2.11. The second-order valence-electron chi connectivity index (χ2n) is 5.94. The smallest absolute Gasteiger partial charge is 0.253 e. The first-order valence-corrected chi connectivity index (χ1v) is 10.1. The highest BCUT2D eigenvalue weighted by atomic mass is 32.2. The molecule has 0 aliphatic heterocycles. The van der Waals surface area contributed by atoms with E-state index < -0.39 is 10.0 Å². The second-order valence-corrected chi connectivity index (χ2v) is 7.98. The highest BCUT2D eigenvalue weighted by molar-refractivity contribution is 7.89. The third-order valence-electron chi connectivity index (χ3n) is 4.30. The summed E-state index contributed by atoms with van der Waals surface area (Å²) in [5.74, 6) is -0.161. The molecule has 0 aliphatic rings. The number of carbonyl (C=O) groups excluding carboxylic acids is 1. The fraction of sp³-hybridized carbons (Fsp3) is 0.368. The fourth-order valence-electron chi connectivity index (χ4n) is 2.62. The summed E-state index contributed by atoms with van der Waals surface area (Å²) < 4.78 is 27.0. The van der Waals surface area contributed by atoms with E-state index in [0.717, 1.165) is 5.56 Å². The van der Waals surface area contributed by atoms with Gasteiger partial charge in [-0.25, -0.2) is 12.7 Å². The number of hydrogen-bond acceptors (Lipinski definition) is 4. The SMILES string of the molecule is CCN(CC)C(=O)c1cccc(S(=O)(=O)N(C)CCc2ccncc2)c1. The summed E-state index contributed by atoms with van der Waals surface area (Å²) in [6.07, 6.45) is 3.97. The first kappa shape index (κ1) is 20.1. The zero-order valence-electron chi connectivity index (χ0n) is 15.4. The van der Waals surface area contributed by atoms with Gasteiger partial charge < -0.3 is 4.90 Å². The monoisotopic (exact) mass is 375 g/mol. The lowest BCUT2D eigenvalue weighted by atomic mass is 10.2. The first-order chi connectivity index (χ1) is 12.4. The molecule has 0 atom stereocenters. The maximum absolute atomic E-state index is 12.8. The summed E-state index contributed by atoms with van der Waals surface area (Å²) in [6.45, 7) is 5.31. The molecule has 2 aromatic rings. The molecular formula is C19H25N3O3S. The van der Waals surface area contributed by atoms with E-state index in [4.69, 9.17) is 0 Å². The summed E-state index contributed by atoms with van der Waals surface area (Å²) in [4.78, 5) is 18.2. The number of carbonyl (C=O) groups is 1. The first-order valence-electron chi connectivity index (χ1n) is 8.64. The molecule has 0 saturated heterocycles. The van der Waals surface area contributed by atoms with Gasteiger partial charge in [-0.05, 0) is 56.2 Å². The molecule has 26 heavy (non-hydrogen) atoms. The van der Waals surface area contributed by atoms with Crippen LogP contribution in [0.1, 0.15) is 29.8 Å². The maximum Gasteiger partial charge on any atom is 0.253 e. The van der Waals surface area contributed by atoms with Crippen molar-refractivity contribution in [3.63, 3.8) is 0 Å². The van der Waals surface area contributed by atoms with Gasteiger partial charge in [-0.2, -0.15) is 0 Å². The van der Waals surface area contributed by atoms with Gasteiger partial charge in [0.2, 0.25) is 10.0 Å². The zero-order chi connectivity index (χ0) is 19.2. The van der Waals surface area contributed by atoms with Gasteiger partial charge in [-0.1, -0.05) is 6.07 Å². The normalized spacial score (nSPS) is 11.5. The molecule has 140 valence electrons. The van der Waals surface area contributed by atoms with Crippen LogP contribution in [-0.2, 0) is 16.4 Å². The van der Waals surface area contributed by atoms with Crippen LogP contribution in [-0.4, -0.2) is 55.2 Å². The summed E-state index contributed by atoms with van der Waals surface area (Å²) in [5, 5.41) is 0. The summed E-state index contributed by atoms with van der Waals surface area (Å²) in [5.41, 5.74) is 1.41. The molecule has 0 fully saturated rings. The standard InChI is InChI=1S/C19H25N3O3S/c1-4-22(5-2)19(23)17-7-6-8-18(15-17)26(24,25)21(3)14-11-16-9-12-20-13-10-16/h6-10,12-13,15H,4-5,11,14H2,1-3H3. The van der Waals surface area contributed by atoms with Gasteiger partial charge in [0.15, 0.2) is 0 Å². The number of sulfonamides is 1. The highest BCUT2D eigenvalue weighted by Gasteiger charge is 2.22. The van der Waals surface area contributed by atoms with Crippen molar-refractivity contribution in [2.75, 3.05) is 26.7 Å². The van der Waals surface area contributed by atoms with Gasteiger partial charge in [0.25, 0.3) is 5.91 Å². The Morgan fingerprint density at radius 1 is 1.08 bits per heavy atom. The van der Waals surface area contributed by atoms with Crippen molar-refractivity contribution in [1.29, 1.82) is 0 Å². The largest absolute Gasteiger partial charge is 0.339 e. The number of likely N-dealkylation sites (N-methyl/N-ethyl adjacent to an activating group) is 1. The molecule has 1 amide bonds. The minimum atomic E-state index is -3.66. The van der Waals surface area contributed by atoms with Gasteiger partial charge in [0, 0.05) is 44.6 Å². The van der Waals surface area contributed by atoms with Crippen molar-refractivity contribution in [1.82, 2.24) is 14.2 Å². The number of benzene rings is 1. The van der Waals surface area contributed by atoms with Crippen LogP contribution >= 0.6 is 0 Å². The molecule has 1 heterocycles. The van der Waals surface area contributed by atoms with E-state index in [9.17, 15) is 13.2 Å². The molecule has 2 rings (SSSR count). The molecule has 0 unspecified atom stereocenters. The molecule has 0 saturated carbocycles. The van der Waals surface area contributed by atoms with Gasteiger partial charge in [0.1, 0.15) is 0 Å². The van der Waals surface area contributed by atoms with E-state index in [0.29, 0.717) is 31.6 Å². The Balaban J connectivity index is 2.17. The average molecular weight is 375 g/mol. The minimum Gasteiger partial charge on any atom is -0.339 e. The Morgan fingerprint density at radius 2 is 1.73 bits per heavy atom. The number of aromatic nitrogens is 1. The van der Waals surface area contributed by atoms with Crippen LogP contribution in [0.25, 0.3) is 0 Å². The van der Waals surface area contributed by atoms with Crippen LogP contribution in [0.4, 0.5) is 0 Å². The van der Waals surface area contributed by atoms with Gasteiger partial charge >= 0.3 is 0 Å². The molecule has 1 aromatic carbocycles. The number of pyridine rings is 1. The Labute approximate surface area is 155 Å². The van der Waals surface area contributed by atoms with Crippen LogP contribution in [0.15, 0.2) is 53.7 Å². The lowest BCUT2D eigenvalue weighted by Crippen LogP contribution is -2.31. The van der Waals surface area contributed by atoms with Gasteiger partial charge in [0.05, 0.1) is 4.90 Å². The topological polar surface area (TPSA) is 70.6 Å². The zero-order valence-corrected chi connectivity index (χ0v) is 16.2. The van der Waals surface area contributed by atoms with Crippen LogP contribution in [0.3, 0.4) is 0 Å². The third-order valence-corrected chi connectivity index (χ3v) is 6.16. The Hall–Kier alpha value is -2.25. The Bertz CT molecular complexity index is 834. The maximum atomic E-state index is 12.8. The predicted octanol–water partition coefficient (Wildman–Crippen LogP) is 2.43. The van der Waals surface area contributed by atoms with E-state index in [1.165, 1.54) is 16.4 Å². The predicted molar refractivity (Wildman–Crippen MR) is 101 cm³/mol. The molecule has 0 spiro atoms. The lowest BCUT2D eigenvalue weighted by molar-refractivity contribution is 0.0772. The van der Waals surface area contributed by atoms with E-state index in [1.54, 1.807) is 36.5 Å².